The van der Waals surface area contributed by atoms with Crippen LogP contribution in [0, 0.1) is 5.82 Å². The van der Waals surface area contributed by atoms with Crippen molar-refractivity contribution in [3.05, 3.63) is 47.8 Å². The summed E-state index contributed by atoms with van der Waals surface area (Å²) in [5.74, 6) is 0.829. The number of imidazole rings is 1. The van der Waals surface area contributed by atoms with Gasteiger partial charge in [-0.1, -0.05) is 6.07 Å². The zero-order chi connectivity index (χ0) is 11.4. The Labute approximate surface area is 92.3 Å². The first-order valence-corrected chi connectivity index (χ1v) is 4.89. The second kappa shape index (κ2) is 4.76. The minimum atomic E-state index is -0.320. The Balaban J connectivity index is 1.96. The molecule has 2 aromatic rings. The molecule has 0 saturated heterocycles. The van der Waals surface area contributed by atoms with E-state index in [1.807, 2.05) is 0 Å². The normalized spacial score (nSPS) is 10.4. The van der Waals surface area contributed by atoms with Gasteiger partial charge in [0.1, 0.15) is 24.0 Å². The van der Waals surface area contributed by atoms with Gasteiger partial charge in [0.25, 0.3) is 0 Å². The zero-order valence-corrected chi connectivity index (χ0v) is 8.61. The molecule has 0 aliphatic carbocycles. The van der Waals surface area contributed by atoms with E-state index in [1.54, 1.807) is 18.3 Å². The fraction of sp³-hybridized carbons (Fsp3) is 0.182. The van der Waals surface area contributed by atoms with Crippen molar-refractivity contribution in [3.63, 3.8) is 0 Å². The Hall–Kier alpha value is -1.88. The van der Waals surface area contributed by atoms with Crippen molar-refractivity contribution < 1.29 is 9.13 Å². The van der Waals surface area contributed by atoms with Gasteiger partial charge in [0, 0.05) is 24.5 Å². The van der Waals surface area contributed by atoms with Gasteiger partial charge in [0.15, 0.2) is 0 Å². The maximum atomic E-state index is 12.8. The lowest BCUT2D eigenvalue weighted by molar-refractivity contribution is 0.295. The highest BCUT2D eigenvalue weighted by Gasteiger charge is 2.01. The first-order valence-electron chi connectivity index (χ1n) is 4.89. The number of rotatable bonds is 4. The van der Waals surface area contributed by atoms with Gasteiger partial charge in [-0.3, -0.25) is 0 Å². The van der Waals surface area contributed by atoms with Crippen LogP contribution in [0.2, 0.25) is 0 Å². The smallest absolute Gasteiger partial charge is 0.146 e. The Kier molecular flexibility index (Phi) is 3.16. The third-order valence-corrected chi connectivity index (χ3v) is 2.07. The molecule has 0 amide bonds. The molecule has 84 valence electrons. The molecule has 0 radical (unpaired) electrons. The number of hydrogen-bond donors (Lipinski definition) is 2. The third-order valence-electron chi connectivity index (χ3n) is 2.07. The van der Waals surface area contributed by atoms with Gasteiger partial charge in [0.05, 0.1) is 0 Å². The van der Waals surface area contributed by atoms with Gasteiger partial charge in [-0.15, -0.1) is 0 Å². The van der Waals surface area contributed by atoms with Crippen LogP contribution in [0.15, 0.2) is 30.5 Å². The average molecular weight is 221 g/mol. The summed E-state index contributed by atoms with van der Waals surface area (Å²) < 4.78 is 18.2. The maximum Gasteiger partial charge on any atom is 0.146 e. The van der Waals surface area contributed by atoms with E-state index in [1.165, 1.54) is 12.1 Å². The topological polar surface area (TPSA) is 63.9 Å². The van der Waals surface area contributed by atoms with E-state index < -0.39 is 0 Å². The summed E-state index contributed by atoms with van der Waals surface area (Å²) in [4.78, 5) is 7.06. The number of nitrogens with one attached hydrogen (secondary N) is 1. The lowest BCUT2D eigenvalue weighted by atomic mass is 10.3. The number of halogens is 1. The summed E-state index contributed by atoms with van der Waals surface area (Å²) in [6.45, 7) is 0.677. The number of aromatic nitrogens is 2. The molecule has 16 heavy (non-hydrogen) atoms. The van der Waals surface area contributed by atoms with Crippen LogP contribution in [0.3, 0.4) is 0 Å². The number of benzene rings is 1. The molecule has 4 nitrogen and oxygen atoms in total. The molecule has 5 heteroatoms. The lowest BCUT2D eigenvalue weighted by Crippen LogP contribution is -1.99. The predicted octanol–water partition coefficient (Wildman–Crippen LogP) is 1.59. The summed E-state index contributed by atoms with van der Waals surface area (Å²) in [7, 11) is 0. The molecule has 1 aromatic carbocycles. The van der Waals surface area contributed by atoms with Crippen LogP contribution >= 0.6 is 0 Å². The Morgan fingerprint density at radius 2 is 2.31 bits per heavy atom. The molecular weight excluding hydrogens is 209 g/mol. The van der Waals surface area contributed by atoms with Crippen LogP contribution in [0.25, 0.3) is 0 Å². The van der Waals surface area contributed by atoms with Crippen molar-refractivity contribution in [2.75, 3.05) is 0 Å². The van der Waals surface area contributed by atoms with E-state index in [0.717, 1.165) is 5.69 Å². The molecule has 0 spiro atoms. The molecule has 0 unspecified atom stereocenters. The van der Waals surface area contributed by atoms with Gasteiger partial charge in [-0.05, 0) is 12.1 Å². The van der Waals surface area contributed by atoms with Crippen LogP contribution in [0.1, 0.15) is 11.5 Å². The molecule has 0 fully saturated rings. The van der Waals surface area contributed by atoms with Crippen molar-refractivity contribution in [1.82, 2.24) is 9.97 Å². The molecule has 0 aliphatic heterocycles. The number of hydrogen-bond acceptors (Lipinski definition) is 3. The monoisotopic (exact) mass is 221 g/mol. The van der Waals surface area contributed by atoms with E-state index in [2.05, 4.69) is 9.97 Å². The standard InChI is InChI=1S/C11H12FN3O/c12-8-2-1-3-10(4-8)16-7-11-14-6-9(5-13)15-11/h1-4,6H,5,7,13H2,(H,14,15). The number of aromatic amines is 1. The average Bonchev–Trinajstić information content (AvgIpc) is 2.74. The first-order chi connectivity index (χ1) is 7.78. The highest BCUT2D eigenvalue weighted by molar-refractivity contribution is 5.22. The number of H-pyrrole nitrogens is 1. The van der Waals surface area contributed by atoms with Crippen molar-refractivity contribution >= 4 is 0 Å². The van der Waals surface area contributed by atoms with Crippen LogP contribution in [0.5, 0.6) is 5.75 Å². The Morgan fingerprint density at radius 3 is 3.00 bits per heavy atom. The number of nitrogens with two attached hydrogens (primary N) is 1. The fourth-order valence-electron chi connectivity index (χ4n) is 1.29. The van der Waals surface area contributed by atoms with Crippen LogP contribution < -0.4 is 10.5 Å². The molecule has 3 N–H and O–H groups in total. The van der Waals surface area contributed by atoms with E-state index in [9.17, 15) is 4.39 Å². The second-order valence-corrected chi connectivity index (χ2v) is 3.31. The molecule has 1 heterocycles. The zero-order valence-electron chi connectivity index (χ0n) is 8.61. The SMILES string of the molecule is NCc1cnc(COc2cccc(F)c2)[nH]1. The van der Waals surface area contributed by atoms with Gasteiger partial charge in [0.2, 0.25) is 0 Å². The highest BCUT2D eigenvalue weighted by atomic mass is 19.1. The Morgan fingerprint density at radius 1 is 1.44 bits per heavy atom. The van der Waals surface area contributed by atoms with Gasteiger partial charge in [-0.25, -0.2) is 9.37 Å². The fourth-order valence-corrected chi connectivity index (χ4v) is 1.29. The van der Waals surface area contributed by atoms with Gasteiger partial charge >= 0.3 is 0 Å². The van der Waals surface area contributed by atoms with E-state index in [0.29, 0.717) is 18.1 Å². The third kappa shape index (κ3) is 2.58. The van der Waals surface area contributed by atoms with E-state index in [-0.39, 0.29) is 12.4 Å². The molecular formula is C11H12FN3O. The minimum Gasteiger partial charge on any atom is -0.486 e. The van der Waals surface area contributed by atoms with Crippen LogP contribution in [-0.2, 0) is 13.2 Å². The minimum absolute atomic E-state index is 0.267. The van der Waals surface area contributed by atoms with Gasteiger partial charge in [-0.2, -0.15) is 0 Å². The molecule has 0 bridgehead atoms. The summed E-state index contributed by atoms with van der Waals surface area (Å²) in [5.41, 5.74) is 6.27. The summed E-state index contributed by atoms with van der Waals surface area (Å²) >= 11 is 0. The summed E-state index contributed by atoms with van der Waals surface area (Å²) in [6.07, 6.45) is 1.66. The largest absolute Gasteiger partial charge is 0.486 e. The quantitative estimate of drug-likeness (QED) is 0.824. The van der Waals surface area contributed by atoms with E-state index in [4.69, 9.17) is 10.5 Å². The maximum absolute atomic E-state index is 12.8. The van der Waals surface area contributed by atoms with Crippen LogP contribution in [0.4, 0.5) is 4.39 Å². The molecule has 0 atom stereocenters. The summed E-state index contributed by atoms with van der Waals surface area (Å²) in [6, 6.07) is 5.98. The van der Waals surface area contributed by atoms with Crippen LogP contribution in [-0.4, -0.2) is 9.97 Å². The summed E-state index contributed by atoms with van der Waals surface area (Å²) in [5, 5.41) is 0. The predicted molar refractivity (Wildman–Crippen MR) is 57.2 cm³/mol. The highest BCUT2D eigenvalue weighted by Crippen LogP contribution is 2.13. The van der Waals surface area contributed by atoms with Crippen molar-refractivity contribution in [2.45, 2.75) is 13.2 Å². The molecule has 2 rings (SSSR count). The number of nitrogens with zero attached hydrogens (tertiary/aromatic N) is 1. The van der Waals surface area contributed by atoms with Gasteiger partial charge < -0.3 is 15.5 Å². The Bertz CT molecular complexity index is 470. The lowest BCUT2D eigenvalue weighted by Gasteiger charge is -2.03. The second-order valence-electron chi connectivity index (χ2n) is 3.31. The molecule has 0 saturated carbocycles. The number of ether oxygens (including phenoxy) is 1. The molecule has 0 aliphatic rings. The van der Waals surface area contributed by atoms with Crippen molar-refractivity contribution in [3.8, 4) is 5.75 Å². The molecule has 1 aromatic heterocycles. The van der Waals surface area contributed by atoms with Crippen molar-refractivity contribution in [1.29, 1.82) is 0 Å². The van der Waals surface area contributed by atoms with E-state index >= 15 is 0 Å². The van der Waals surface area contributed by atoms with Crippen molar-refractivity contribution in [2.24, 2.45) is 5.73 Å². The first kappa shape index (κ1) is 10.6.